The number of carbonyl (C=O) groups is 3. The number of carboxylic acids is 1. The lowest BCUT2D eigenvalue weighted by atomic mass is 9.86. The van der Waals surface area contributed by atoms with Crippen molar-refractivity contribution >= 4 is 63.5 Å². The number of amides is 2. The van der Waals surface area contributed by atoms with Crippen molar-refractivity contribution in [2.75, 3.05) is 5.73 Å². The molecule has 0 spiro atoms. The van der Waals surface area contributed by atoms with E-state index in [-0.39, 0.29) is 16.7 Å². The quantitative estimate of drug-likeness (QED) is 0.148. The average molecular weight is 496 g/mol. The standard InChI is InChI=1S/C17H14ClN7O5S2/c18-9-4-1-6(5-20-9)31-8-3-2-7-10(15(27)25(7)12(8)16(28)29)21-14(26)11(23-30)13-22-17(19)32-24-13/h1,4-5,7,10,30H,2-3H2,(H,21,26)(H,28,29)(H2,19,22,24)/b23-11-/t7-,10+/m1/s1. The molecule has 15 heteroatoms. The Morgan fingerprint density at radius 3 is 2.78 bits per heavy atom. The first-order valence-electron chi connectivity index (χ1n) is 9.01. The molecule has 2 amide bonds. The zero-order chi connectivity index (χ0) is 23.0. The summed E-state index contributed by atoms with van der Waals surface area (Å²) in [6.07, 6.45) is 2.31. The van der Waals surface area contributed by atoms with Crippen molar-refractivity contribution in [1.82, 2.24) is 24.6 Å². The van der Waals surface area contributed by atoms with Gasteiger partial charge in [-0.15, -0.1) is 0 Å². The molecule has 2 aliphatic rings. The highest BCUT2D eigenvalue weighted by Crippen LogP contribution is 2.43. The fraction of sp³-hybridized carbons (Fsp3) is 0.235. The van der Waals surface area contributed by atoms with Crippen molar-refractivity contribution in [3.8, 4) is 0 Å². The first-order valence-corrected chi connectivity index (χ1v) is 11.0. The van der Waals surface area contributed by atoms with Crippen LogP contribution in [-0.2, 0) is 14.4 Å². The number of hydrogen-bond acceptors (Lipinski definition) is 11. The van der Waals surface area contributed by atoms with E-state index in [2.05, 4.69) is 24.8 Å². The van der Waals surface area contributed by atoms with Gasteiger partial charge in [0, 0.05) is 27.5 Å². The van der Waals surface area contributed by atoms with E-state index < -0.39 is 35.6 Å². The summed E-state index contributed by atoms with van der Waals surface area (Å²) in [6, 6.07) is 1.75. The molecule has 0 unspecified atom stereocenters. The number of allylic oxidation sites excluding steroid dienone is 1. The van der Waals surface area contributed by atoms with Gasteiger partial charge >= 0.3 is 5.97 Å². The average Bonchev–Trinajstić information content (AvgIpc) is 3.19. The van der Waals surface area contributed by atoms with Gasteiger partial charge < -0.3 is 21.4 Å². The molecular formula is C17H14ClN7O5S2. The summed E-state index contributed by atoms with van der Waals surface area (Å²) in [5.41, 5.74) is 4.84. The lowest BCUT2D eigenvalue weighted by Gasteiger charge is -2.50. The number of halogens is 1. The molecule has 166 valence electrons. The van der Waals surface area contributed by atoms with Crippen molar-refractivity contribution in [2.45, 2.75) is 29.8 Å². The van der Waals surface area contributed by atoms with Crippen LogP contribution in [0.3, 0.4) is 0 Å². The minimum atomic E-state index is -1.25. The van der Waals surface area contributed by atoms with Gasteiger partial charge in [-0.2, -0.15) is 9.36 Å². The predicted octanol–water partition coefficient (Wildman–Crippen LogP) is 0.925. The molecule has 2 aromatic rings. The normalized spacial score (nSPS) is 20.6. The summed E-state index contributed by atoms with van der Waals surface area (Å²) in [6.45, 7) is 0. The van der Waals surface area contributed by atoms with Gasteiger partial charge in [-0.25, -0.2) is 9.78 Å². The third kappa shape index (κ3) is 3.99. The molecule has 32 heavy (non-hydrogen) atoms. The number of nitrogens with two attached hydrogens (primary N) is 1. The van der Waals surface area contributed by atoms with E-state index in [1.807, 2.05) is 0 Å². The molecule has 4 rings (SSSR count). The van der Waals surface area contributed by atoms with Gasteiger partial charge in [0.25, 0.3) is 11.8 Å². The van der Waals surface area contributed by atoms with E-state index in [0.29, 0.717) is 27.8 Å². The summed E-state index contributed by atoms with van der Waals surface area (Å²) in [4.78, 5) is 47.3. The number of aromatic nitrogens is 3. The number of nitrogens with zero attached hydrogens (tertiary/aromatic N) is 5. The van der Waals surface area contributed by atoms with E-state index >= 15 is 0 Å². The van der Waals surface area contributed by atoms with Crippen molar-refractivity contribution in [1.29, 1.82) is 0 Å². The predicted molar refractivity (Wildman–Crippen MR) is 114 cm³/mol. The van der Waals surface area contributed by atoms with Gasteiger partial charge in [-0.1, -0.05) is 28.5 Å². The van der Waals surface area contributed by atoms with Crippen molar-refractivity contribution < 1.29 is 24.7 Å². The second-order valence-corrected chi connectivity index (χ2v) is 9.00. The number of aliphatic carboxylic acids is 1. The number of β-lactam (4-membered cyclic amide) rings is 1. The highest BCUT2D eigenvalue weighted by molar-refractivity contribution is 8.03. The van der Waals surface area contributed by atoms with Crippen LogP contribution < -0.4 is 11.1 Å². The second-order valence-electron chi connectivity index (χ2n) is 6.67. The van der Waals surface area contributed by atoms with E-state index in [9.17, 15) is 24.7 Å². The molecule has 0 saturated carbocycles. The van der Waals surface area contributed by atoms with Crippen molar-refractivity contribution in [2.24, 2.45) is 5.16 Å². The Bertz CT molecular complexity index is 1170. The van der Waals surface area contributed by atoms with Gasteiger partial charge in [0.2, 0.25) is 11.5 Å². The summed E-state index contributed by atoms with van der Waals surface area (Å²) in [5, 5.41) is 24.7. The van der Waals surface area contributed by atoms with Crippen LogP contribution in [0.1, 0.15) is 18.7 Å². The smallest absolute Gasteiger partial charge is 0.353 e. The molecule has 2 aromatic heterocycles. The number of rotatable bonds is 6. The maximum atomic E-state index is 12.8. The number of nitrogen functional groups attached to an aromatic ring is 1. The fourth-order valence-electron chi connectivity index (χ4n) is 3.43. The summed E-state index contributed by atoms with van der Waals surface area (Å²) < 4.78 is 3.81. The summed E-state index contributed by atoms with van der Waals surface area (Å²) in [7, 11) is 0. The van der Waals surface area contributed by atoms with Crippen LogP contribution in [0.25, 0.3) is 0 Å². The number of carboxylic acid groups (broad SMARTS) is 1. The minimum absolute atomic E-state index is 0.0734. The number of thioether (sulfide) groups is 1. The Balaban J connectivity index is 1.52. The first-order chi connectivity index (χ1) is 15.3. The van der Waals surface area contributed by atoms with Crippen LogP contribution in [0.2, 0.25) is 5.15 Å². The summed E-state index contributed by atoms with van der Waals surface area (Å²) >= 11 is 7.79. The Morgan fingerprint density at radius 1 is 1.41 bits per heavy atom. The molecule has 2 atom stereocenters. The van der Waals surface area contributed by atoms with Gasteiger partial charge in [0.15, 0.2) is 5.13 Å². The van der Waals surface area contributed by atoms with Crippen molar-refractivity contribution in [3.63, 3.8) is 0 Å². The van der Waals surface area contributed by atoms with E-state index in [1.165, 1.54) is 18.0 Å². The molecular weight excluding hydrogens is 482 g/mol. The summed E-state index contributed by atoms with van der Waals surface area (Å²) in [5.74, 6) is -2.90. The molecule has 12 nitrogen and oxygen atoms in total. The molecule has 1 saturated heterocycles. The maximum absolute atomic E-state index is 12.8. The molecule has 0 aliphatic carbocycles. The molecule has 4 heterocycles. The molecule has 2 aliphatic heterocycles. The van der Waals surface area contributed by atoms with Crippen LogP contribution in [0, 0.1) is 0 Å². The molecule has 0 aromatic carbocycles. The van der Waals surface area contributed by atoms with Gasteiger partial charge in [-0.05, 0) is 25.0 Å². The third-order valence-corrected chi connectivity index (χ3v) is 6.68. The number of anilines is 1. The Labute approximate surface area is 193 Å². The fourth-order valence-corrected chi connectivity index (χ4v) is 5.00. The number of fused-ring (bicyclic) bond motifs is 1. The monoisotopic (exact) mass is 495 g/mol. The van der Waals surface area contributed by atoms with E-state index in [0.717, 1.165) is 16.4 Å². The number of pyridine rings is 1. The molecule has 1 fully saturated rings. The van der Waals surface area contributed by atoms with Crippen LogP contribution in [0.5, 0.6) is 0 Å². The van der Waals surface area contributed by atoms with Crippen LogP contribution in [0.15, 0.2) is 39.0 Å². The van der Waals surface area contributed by atoms with E-state index in [4.69, 9.17) is 17.3 Å². The molecule has 5 N–H and O–H groups in total. The lowest BCUT2D eigenvalue weighted by molar-refractivity contribution is -0.155. The zero-order valence-corrected chi connectivity index (χ0v) is 18.3. The Hall–Kier alpha value is -3.23. The number of oxime groups is 1. The van der Waals surface area contributed by atoms with Crippen molar-refractivity contribution in [3.05, 3.63) is 39.9 Å². The van der Waals surface area contributed by atoms with Gasteiger partial charge in [0.05, 0.1) is 6.04 Å². The van der Waals surface area contributed by atoms with Gasteiger partial charge in [0.1, 0.15) is 16.9 Å². The SMILES string of the molecule is Nc1nc(/C(=N/O)C(=O)N[C@@H]2C(=O)N3C(C(=O)O)=C(Sc4ccc(Cl)nc4)CC[C@H]23)ns1. The maximum Gasteiger partial charge on any atom is 0.353 e. The zero-order valence-electron chi connectivity index (χ0n) is 15.9. The largest absolute Gasteiger partial charge is 0.477 e. The minimum Gasteiger partial charge on any atom is -0.477 e. The number of carbonyl (C=O) groups excluding carboxylic acids is 2. The highest BCUT2D eigenvalue weighted by Gasteiger charge is 2.53. The first kappa shape index (κ1) is 22.0. The lowest BCUT2D eigenvalue weighted by Crippen LogP contribution is -2.72. The molecule has 0 bridgehead atoms. The molecule has 0 radical (unpaired) electrons. The number of nitrogens with one attached hydrogen (secondary N) is 1. The number of hydrogen-bond donors (Lipinski definition) is 4. The Morgan fingerprint density at radius 2 is 2.19 bits per heavy atom. The topological polar surface area (TPSA) is 184 Å². The Kier molecular flexibility index (Phi) is 5.99. The van der Waals surface area contributed by atoms with Crippen LogP contribution in [-0.4, -0.2) is 65.1 Å². The van der Waals surface area contributed by atoms with Gasteiger partial charge in [-0.3, -0.25) is 14.5 Å². The van der Waals surface area contributed by atoms with E-state index in [1.54, 1.807) is 12.1 Å². The van der Waals surface area contributed by atoms with Crippen LogP contribution >= 0.6 is 34.9 Å². The third-order valence-electron chi connectivity index (χ3n) is 4.79. The second kappa shape index (κ2) is 8.72. The van der Waals surface area contributed by atoms with Crippen LogP contribution in [0.4, 0.5) is 5.13 Å². The highest BCUT2D eigenvalue weighted by atomic mass is 35.5.